The van der Waals surface area contributed by atoms with Crippen LogP contribution in [0.2, 0.25) is 0 Å². The van der Waals surface area contributed by atoms with Gasteiger partial charge in [0.1, 0.15) is 0 Å². The third-order valence-electron chi connectivity index (χ3n) is 6.25. The number of likely N-dealkylation sites (tertiary alicyclic amines) is 1. The third kappa shape index (κ3) is 5.18. The van der Waals surface area contributed by atoms with E-state index < -0.39 is 0 Å². The quantitative estimate of drug-likeness (QED) is 0.678. The average Bonchev–Trinajstić information content (AvgIpc) is 3.00. The molecular formula is C19H34N4O3. The summed E-state index contributed by atoms with van der Waals surface area (Å²) < 4.78 is 5.35. The van der Waals surface area contributed by atoms with Crippen LogP contribution in [0.25, 0.3) is 0 Å². The van der Waals surface area contributed by atoms with Gasteiger partial charge in [-0.05, 0) is 24.8 Å². The molecular weight excluding hydrogens is 332 g/mol. The first-order valence-corrected chi connectivity index (χ1v) is 10.2. The number of rotatable bonds is 7. The van der Waals surface area contributed by atoms with E-state index in [9.17, 15) is 9.59 Å². The van der Waals surface area contributed by atoms with Crippen LogP contribution in [0.4, 0.5) is 0 Å². The van der Waals surface area contributed by atoms with E-state index in [1.807, 2.05) is 4.90 Å². The predicted molar refractivity (Wildman–Crippen MR) is 99.6 cm³/mol. The van der Waals surface area contributed by atoms with Crippen LogP contribution in [0.5, 0.6) is 0 Å². The fourth-order valence-electron chi connectivity index (χ4n) is 4.55. The SMILES string of the molecule is NCC1(CC(=O)NC2CC(=O)N(CCN3CCOCC3)C2)CCCCC1. The second-order valence-electron chi connectivity index (χ2n) is 8.20. The molecule has 1 aliphatic carbocycles. The second kappa shape index (κ2) is 9.15. The lowest BCUT2D eigenvalue weighted by atomic mass is 9.71. The van der Waals surface area contributed by atoms with Gasteiger partial charge >= 0.3 is 0 Å². The van der Waals surface area contributed by atoms with E-state index >= 15 is 0 Å². The van der Waals surface area contributed by atoms with Crippen LogP contribution in [0.15, 0.2) is 0 Å². The number of nitrogens with one attached hydrogen (secondary N) is 1. The highest BCUT2D eigenvalue weighted by molar-refractivity contribution is 5.82. The van der Waals surface area contributed by atoms with Crippen LogP contribution >= 0.6 is 0 Å². The van der Waals surface area contributed by atoms with Crippen molar-refractivity contribution in [3.8, 4) is 0 Å². The van der Waals surface area contributed by atoms with Crippen molar-refractivity contribution in [1.29, 1.82) is 0 Å². The molecule has 0 aromatic heterocycles. The third-order valence-corrected chi connectivity index (χ3v) is 6.25. The Morgan fingerprint density at radius 3 is 2.62 bits per heavy atom. The van der Waals surface area contributed by atoms with Gasteiger partial charge in [0.25, 0.3) is 0 Å². The topological polar surface area (TPSA) is 87.9 Å². The molecule has 3 fully saturated rings. The summed E-state index contributed by atoms with van der Waals surface area (Å²) >= 11 is 0. The molecule has 1 atom stereocenters. The van der Waals surface area contributed by atoms with Crippen molar-refractivity contribution in [2.24, 2.45) is 11.1 Å². The second-order valence-corrected chi connectivity index (χ2v) is 8.20. The van der Waals surface area contributed by atoms with E-state index in [1.54, 1.807) is 0 Å². The van der Waals surface area contributed by atoms with E-state index in [1.165, 1.54) is 19.3 Å². The van der Waals surface area contributed by atoms with Crippen LogP contribution in [0.1, 0.15) is 44.9 Å². The highest BCUT2D eigenvalue weighted by atomic mass is 16.5. The van der Waals surface area contributed by atoms with Gasteiger partial charge in [0.05, 0.1) is 19.3 Å². The van der Waals surface area contributed by atoms with E-state index in [2.05, 4.69) is 10.2 Å². The summed E-state index contributed by atoms with van der Waals surface area (Å²) in [5, 5.41) is 3.09. The minimum atomic E-state index is -0.0573. The highest BCUT2D eigenvalue weighted by Crippen LogP contribution is 2.38. The van der Waals surface area contributed by atoms with E-state index in [0.717, 1.165) is 52.2 Å². The van der Waals surface area contributed by atoms with Crippen LogP contribution in [-0.2, 0) is 14.3 Å². The van der Waals surface area contributed by atoms with Gasteiger partial charge in [0.15, 0.2) is 0 Å². The maximum atomic E-state index is 12.5. The number of nitrogens with two attached hydrogens (primary N) is 1. The van der Waals surface area contributed by atoms with Crippen LogP contribution in [0, 0.1) is 5.41 Å². The first kappa shape index (κ1) is 19.6. The van der Waals surface area contributed by atoms with E-state index in [4.69, 9.17) is 10.5 Å². The predicted octanol–water partition coefficient (Wildman–Crippen LogP) is 0.335. The van der Waals surface area contributed by atoms with Gasteiger partial charge in [-0.15, -0.1) is 0 Å². The molecule has 0 radical (unpaired) electrons. The van der Waals surface area contributed by atoms with Crippen molar-refractivity contribution in [2.75, 3.05) is 52.5 Å². The number of carbonyl (C=O) groups is 2. The van der Waals surface area contributed by atoms with Gasteiger partial charge in [-0.2, -0.15) is 0 Å². The van der Waals surface area contributed by atoms with Crippen LogP contribution in [-0.4, -0.2) is 80.1 Å². The molecule has 1 unspecified atom stereocenters. The minimum absolute atomic E-state index is 0.0268. The Labute approximate surface area is 156 Å². The van der Waals surface area contributed by atoms with Gasteiger partial charge in [-0.3, -0.25) is 14.5 Å². The molecule has 26 heavy (non-hydrogen) atoms. The zero-order valence-corrected chi connectivity index (χ0v) is 15.9. The Morgan fingerprint density at radius 2 is 1.92 bits per heavy atom. The number of hydrogen-bond donors (Lipinski definition) is 2. The van der Waals surface area contributed by atoms with Crippen LogP contribution in [0.3, 0.4) is 0 Å². The van der Waals surface area contributed by atoms with Gasteiger partial charge in [-0.1, -0.05) is 19.3 Å². The molecule has 3 aliphatic rings. The lowest BCUT2D eigenvalue weighted by Crippen LogP contribution is -2.44. The highest BCUT2D eigenvalue weighted by Gasteiger charge is 2.35. The van der Waals surface area contributed by atoms with Crippen molar-refractivity contribution in [3.63, 3.8) is 0 Å². The summed E-state index contributed by atoms with van der Waals surface area (Å²) in [6, 6.07) is -0.0573. The molecule has 0 aromatic rings. The normalized spacial score (nSPS) is 26.9. The Morgan fingerprint density at radius 1 is 1.19 bits per heavy atom. The molecule has 7 heteroatoms. The summed E-state index contributed by atoms with van der Waals surface area (Å²) in [5.41, 5.74) is 5.97. The number of amides is 2. The first-order chi connectivity index (χ1) is 12.6. The first-order valence-electron chi connectivity index (χ1n) is 10.2. The number of carbonyl (C=O) groups excluding carboxylic acids is 2. The van der Waals surface area contributed by atoms with Gasteiger partial charge in [0.2, 0.25) is 11.8 Å². The zero-order valence-electron chi connectivity index (χ0n) is 15.9. The van der Waals surface area contributed by atoms with Crippen molar-refractivity contribution < 1.29 is 14.3 Å². The van der Waals surface area contributed by atoms with E-state index in [0.29, 0.717) is 25.9 Å². The molecule has 2 saturated heterocycles. The largest absolute Gasteiger partial charge is 0.379 e. The van der Waals surface area contributed by atoms with Gasteiger partial charge in [0, 0.05) is 45.6 Å². The average molecular weight is 367 g/mol. The molecule has 3 N–H and O–H groups in total. The Hall–Kier alpha value is -1.18. The number of nitrogens with zero attached hydrogens (tertiary/aromatic N) is 2. The number of hydrogen-bond acceptors (Lipinski definition) is 5. The summed E-state index contributed by atoms with van der Waals surface area (Å²) in [6.07, 6.45) is 6.60. The Kier molecular flexibility index (Phi) is 6.89. The molecule has 0 aromatic carbocycles. The Balaban J connectivity index is 1.42. The lowest BCUT2D eigenvalue weighted by Gasteiger charge is -2.36. The van der Waals surface area contributed by atoms with Gasteiger partial charge < -0.3 is 20.7 Å². The monoisotopic (exact) mass is 366 g/mol. The molecule has 2 amide bonds. The minimum Gasteiger partial charge on any atom is -0.379 e. The molecule has 7 nitrogen and oxygen atoms in total. The summed E-state index contributed by atoms with van der Waals surface area (Å²) in [4.78, 5) is 29.0. The standard InChI is InChI=1S/C19H34N4O3/c20-15-19(4-2-1-3-5-19)13-17(24)21-16-12-18(25)23(14-16)7-6-22-8-10-26-11-9-22/h16H,1-15,20H2,(H,21,24). The fourth-order valence-corrected chi connectivity index (χ4v) is 4.55. The maximum Gasteiger partial charge on any atom is 0.224 e. The smallest absolute Gasteiger partial charge is 0.224 e. The molecule has 3 rings (SSSR count). The lowest BCUT2D eigenvalue weighted by molar-refractivity contribution is -0.128. The zero-order chi connectivity index (χ0) is 18.4. The number of morpholine rings is 1. The molecule has 0 spiro atoms. The van der Waals surface area contributed by atoms with Crippen molar-refractivity contribution in [1.82, 2.24) is 15.1 Å². The van der Waals surface area contributed by atoms with Crippen molar-refractivity contribution in [2.45, 2.75) is 51.0 Å². The maximum absolute atomic E-state index is 12.5. The van der Waals surface area contributed by atoms with Crippen LogP contribution < -0.4 is 11.1 Å². The number of ether oxygens (including phenoxy) is 1. The molecule has 2 aliphatic heterocycles. The summed E-state index contributed by atoms with van der Waals surface area (Å²) in [6.45, 7) is 6.24. The van der Waals surface area contributed by atoms with E-state index in [-0.39, 0.29) is 23.3 Å². The van der Waals surface area contributed by atoms with Crippen molar-refractivity contribution >= 4 is 11.8 Å². The summed E-state index contributed by atoms with van der Waals surface area (Å²) in [5.74, 6) is 0.208. The van der Waals surface area contributed by atoms with Crippen molar-refractivity contribution in [3.05, 3.63) is 0 Å². The molecule has 2 heterocycles. The van der Waals surface area contributed by atoms with Gasteiger partial charge in [-0.25, -0.2) is 0 Å². The Bertz CT molecular complexity index is 487. The molecule has 1 saturated carbocycles. The molecule has 0 bridgehead atoms. The fraction of sp³-hybridized carbons (Fsp3) is 0.895. The summed E-state index contributed by atoms with van der Waals surface area (Å²) in [7, 11) is 0. The molecule has 148 valence electrons.